The van der Waals surface area contributed by atoms with Crippen LogP contribution in [0.1, 0.15) is 23.0 Å². The van der Waals surface area contributed by atoms with Crippen molar-refractivity contribution in [2.24, 2.45) is 0 Å². The van der Waals surface area contributed by atoms with Crippen LogP contribution in [0.5, 0.6) is 0 Å². The zero-order valence-corrected chi connectivity index (χ0v) is 12.8. The number of hydrogen-bond acceptors (Lipinski definition) is 2. The van der Waals surface area contributed by atoms with Gasteiger partial charge in [0.2, 0.25) is 0 Å². The number of pyridine rings is 1. The Hall–Kier alpha value is -2.68. The monoisotopic (exact) mass is 290 g/mol. The first-order valence-electron chi connectivity index (χ1n) is 7.45. The molecule has 0 saturated carbocycles. The highest BCUT2D eigenvalue weighted by Gasteiger charge is 2.20. The van der Waals surface area contributed by atoms with Gasteiger partial charge in [-0.3, -0.25) is 9.78 Å². The van der Waals surface area contributed by atoms with Crippen molar-refractivity contribution >= 4 is 16.8 Å². The van der Waals surface area contributed by atoms with Gasteiger partial charge in [-0.05, 0) is 18.1 Å². The Labute approximate surface area is 130 Å². The number of aromatic nitrogens is 1. The first kappa shape index (κ1) is 14.3. The maximum absolute atomic E-state index is 12.6. The van der Waals surface area contributed by atoms with Gasteiger partial charge in [0.05, 0.1) is 11.1 Å². The third-order valence-electron chi connectivity index (χ3n) is 3.82. The molecule has 0 aliphatic heterocycles. The second-order valence-corrected chi connectivity index (χ2v) is 5.12. The van der Waals surface area contributed by atoms with E-state index in [4.69, 9.17) is 4.98 Å². The lowest BCUT2D eigenvalue weighted by Gasteiger charge is -2.16. The summed E-state index contributed by atoms with van der Waals surface area (Å²) in [5.41, 5.74) is 4.47. The van der Waals surface area contributed by atoms with E-state index in [2.05, 4.69) is 12.2 Å². The molecule has 110 valence electrons. The molecule has 3 rings (SSSR count). The van der Waals surface area contributed by atoms with Crippen molar-refractivity contribution in [1.82, 2.24) is 10.3 Å². The lowest BCUT2D eigenvalue weighted by molar-refractivity contribution is 0.0965. The molecule has 0 aliphatic rings. The Morgan fingerprint density at radius 2 is 1.73 bits per heavy atom. The number of amides is 1. The van der Waals surface area contributed by atoms with Crippen LogP contribution in [0, 0.1) is 0 Å². The van der Waals surface area contributed by atoms with Gasteiger partial charge in [0, 0.05) is 23.7 Å². The highest BCUT2D eigenvalue weighted by molar-refractivity contribution is 6.11. The molecule has 0 spiro atoms. The second kappa shape index (κ2) is 5.98. The largest absolute Gasteiger partial charge is 0.355 e. The highest BCUT2D eigenvalue weighted by atomic mass is 16.1. The minimum Gasteiger partial charge on any atom is -0.355 e. The summed E-state index contributed by atoms with van der Waals surface area (Å²) < 4.78 is 0. The normalized spacial score (nSPS) is 10.6. The maximum atomic E-state index is 12.6. The highest BCUT2D eigenvalue weighted by Crippen LogP contribution is 2.32. The van der Waals surface area contributed by atoms with E-state index in [1.54, 1.807) is 7.05 Å². The van der Waals surface area contributed by atoms with Crippen LogP contribution in [-0.4, -0.2) is 17.9 Å². The molecule has 1 N–H and O–H groups in total. The van der Waals surface area contributed by atoms with Gasteiger partial charge in [0.1, 0.15) is 0 Å². The lowest BCUT2D eigenvalue weighted by Crippen LogP contribution is -2.20. The van der Waals surface area contributed by atoms with Crippen molar-refractivity contribution in [2.45, 2.75) is 13.3 Å². The molecule has 0 bridgehead atoms. The number of carbonyl (C=O) groups excluding carboxylic acids is 1. The first-order chi connectivity index (χ1) is 10.8. The van der Waals surface area contributed by atoms with Crippen LogP contribution in [0.25, 0.3) is 22.0 Å². The SMILES string of the molecule is CCc1nc2ccccc2c(C(=O)NC)c1-c1ccccc1. The van der Waals surface area contributed by atoms with Gasteiger partial charge in [-0.15, -0.1) is 0 Å². The van der Waals surface area contributed by atoms with Gasteiger partial charge >= 0.3 is 0 Å². The third-order valence-corrected chi connectivity index (χ3v) is 3.82. The van der Waals surface area contributed by atoms with Gasteiger partial charge in [-0.25, -0.2) is 0 Å². The molecule has 0 aliphatic carbocycles. The predicted octanol–water partition coefficient (Wildman–Crippen LogP) is 3.82. The molecule has 3 aromatic rings. The summed E-state index contributed by atoms with van der Waals surface area (Å²) in [7, 11) is 1.66. The summed E-state index contributed by atoms with van der Waals surface area (Å²) >= 11 is 0. The summed E-state index contributed by atoms with van der Waals surface area (Å²) in [6.07, 6.45) is 0.777. The molecule has 1 aromatic heterocycles. The van der Waals surface area contributed by atoms with Gasteiger partial charge in [-0.2, -0.15) is 0 Å². The van der Waals surface area contributed by atoms with Gasteiger partial charge in [0.15, 0.2) is 0 Å². The standard InChI is InChI=1S/C19H18N2O/c1-3-15-17(13-9-5-4-6-10-13)18(19(22)20-2)14-11-7-8-12-16(14)21-15/h4-12H,3H2,1-2H3,(H,20,22). The topological polar surface area (TPSA) is 42.0 Å². The number of benzene rings is 2. The first-order valence-corrected chi connectivity index (χ1v) is 7.45. The molecule has 1 amide bonds. The van der Waals surface area contributed by atoms with Gasteiger partial charge in [0.25, 0.3) is 5.91 Å². The van der Waals surface area contributed by atoms with Gasteiger partial charge in [-0.1, -0.05) is 55.5 Å². The molecule has 2 aromatic carbocycles. The number of aryl methyl sites for hydroxylation is 1. The number of carbonyl (C=O) groups is 1. The predicted molar refractivity (Wildman–Crippen MR) is 89.9 cm³/mol. The summed E-state index contributed by atoms with van der Waals surface area (Å²) in [6, 6.07) is 17.8. The van der Waals surface area contributed by atoms with Crippen LogP contribution < -0.4 is 5.32 Å². The lowest BCUT2D eigenvalue weighted by atomic mass is 9.93. The minimum atomic E-state index is -0.0767. The van der Waals surface area contributed by atoms with Crippen LogP contribution in [0.15, 0.2) is 54.6 Å². The van der Waals surface area contributed by atoms with Crippen LogP contribution in [0.2, 0.25) is 0 Å². The van der Waals surface area contributed by atoms with E-state index in [-0.39, 0.29) is 5.91 Å². The fraction of sp³-hybridized carbons (Fsp3) is 0.158. The molecular weight excluding hydrogens is 272 g/mol. The van der Waals surface area contributed by atoms with Crippen molar-refractivity contribution in [2.75, 3.05) is 7.05 Å². The average molecular weight is 290 g/mol. The molecule has 0 saturated heterocycles. The molecular formula is C19H18N2O. The summed E-state index contributed by atoms with van der Waals surface area (Å²) in [5.74, 6) is -0.0767. The van der Waals surface area contributed by atoms with Crippen molar-refractivity contribution in [1.29, 1.82) is 0 Å². The zero-order chi connectivity index (χ0) is 15.5. The molecule has 0 atom stereocenters. The van der Waals surface area contributed by atoms with E-state index >= 15 is 0 Å². The van der Waals surface area contributed by atoms with Crippen LogP contribution >= 0.6 is 0 Å². The van der Waals surface area contributed by atoms with Crippen molar-refractivity contribution in [3.63, 3.8) is 0 Å². The Bertz CT molecular complexity index is 825. The van der Waals surface area contributed by atoms with Crippen molar-refractivity contribution < 1.29 is 4.79 Å². The van der Waals surface area contributed by atoms with Crippen LogP contribution in [0.3, 0.4) is 0 Å². The number of nitrogens with one attached hydrogen (secondary N) is 1. The number of rotatable bonds is 3. The second-order valence-electron chi connectivity index (χ2n) is 5.12. The number of hydrogen-bond donors (Lipinski definition) is 1. The zero-order valence-electron chi connectivity index (χ0n) is 12.8. The molecule has 0 fully saturated rings. The maximum Gasteiger partial charge on any atom is 0.252 e. The number of nitrogens with zero attached hydrogens (tertiary/aromatic N) is 1. The summed E-state index contributed by atoms with van der Waals surface area (Å²) in [4.78, 5) is 17.3. The van der Waals surface area contributed by atoms with E-state index in [0.717, 1.165) is 34.1 Å². The van der Waals surface area contributed by atoms with E-state index < -0.39 is 0 Å². The van der Waals surface area contributed by atoms with E-state index in [1.807, 2.05) is 54.6 Å². The quantitative estimate of drug-likeness (QED) is 0.796. The van der Waals surface area contributed by atoms with E-state index in [0.29, 0.717) is 5.56 Å². The van der Waals surface area contributed by atoms with Crippen LogP contribution in [0.4, 0.5) is 0 Å². The van der Waals surface area contributed by atoms with Crippen molar-refractivity contribution in [3.05, 3.63) is 65.9 Å². The Morgan fingerprint density at radius 3 is 2.41 bits per heavy atom. The Kier molecular flexibility index (Phi) is 3.88. The summed E-state index contributed by atoms with van der Waals surface area (Å²) in [5, 5.41) is 3.66. The van der Waals surface area contributed by atoms with E-state index in [1.165, 1.54) is 0 Å². The molecule has 0 unspecified atom stereocenters. The molecule has 3 heteroatoms. The number of fused-ring (bicyclic) bond motifs is 1. The fourth-order valence-corrected chi connectivity index (χ4v) is 2.80. The Balaban J connectivity index is 2.44. The smallest absolute Gasteiger partial charge is 0.252 e. The third kappa shape index (κ3) is 2.35. The fourth-order valence-electron chi connectivity index (χ4n) is 2.80. The van der Waals surface area contributed by atoms with Crippen LogP contribution in [-0.2, 0) is 6.42 Å². The van der Waals surface area contributed by atoms with E-state index in [9.17, 15) is 4.79 Å². The van der Waals surface area contributed by atoms with Gasteiger partial charge < -0.3 is 5.32 Å². The Morgan fingerprint density at radius 1 is 1.05 bits per heavy atom. The van der Waals surface area contributed by atoms with Crippen molar-refractivity contribution in [3.8, 4) is 11.1 Å². The molecule has 22 heavy (non-hydrogen) atoms. The summed E-state index contributed by atoms with van der Waals surface area (Å²) in [6.45, 7) is 2.07. The molecule has 1 heterocycles. The average Bonchev–Trinajstić information content (AvgIpc) is 2.60. The molecule has 3 nitrogen and oxygen atoms in total. The molecule has 0 radical (unpaired) electrons. The number of para-hydroxylation sites is 1. The minimum absolute atomic E-state index is 0.0767.